The summed E-state index contributed by atoms with van der Waals surface area (Å²) in [6.45, 7) is 2.12. The molecule has 11 heteroatoms. The first kappa shape index (κ1) is 21.6. The molecule has 1 atom stereocenters. The van der Waals surface area contributed by atoms with Gasteiger partial charge < -0.3 is 24.6 Å². The maximum atomic E-state index is 12.7. The molecular weight excluding hydrogens is 427 g/mol. The number of aromatic nitrogens is 3. The zero-order valence-electron chi connectivity index (χ0n) is 17.2. The Morgan fingerprint density at radius 2 is 2.03 bits per heavy atom. The van der Waals surface area contributed by atoms with E-state index in [9.17, 15) is 23.1 Å². The van der Waals surface area contributed by atoms with Crippen LogP contribution in [0.4, 0.5) is 19.0 Å². The van der Waals surface area contributed by atoms with Crippen LogP contribution in [0.3, 0.4) is 0 Å². The Morgan fingerprint density at radius 3 is 2.72 bits per heavy atom. The minimum Gasteiger partial charge on any atom is -0.406 e. The number of rotatable bonds is 5. The molecule has 1 aliphatic heterocycles. The van der Waals surface area contributed by atoms with Crippen molar-refractivity contribution in [3.8, 4) is 5.75 Å². The minimum absolute atomic E-state index is 0.130. The summed E-state index contributed by atoms with van der Waals surface area (Å²) in [6, 6.07) is 9.29. The summed E-state index contributed by atoms with van der Waals surface area (Å²) in [5.41, 5.74) is 2.39. The molecule has 168 valence electrons. The lowest BCUT2D eigenvalue weighted by Crippen LogP contribution is -2.51. The monoisotopic (exact) mass is 447 g/mol. The van der Waals surface area contributed by atoms with Crippen molar-refractivity contribution < 1.29 is 27.8 Å². The fourth-order valence-corrected chi connectivity index (χ4v) is 3.45. The highest BCUT2D eigenvalue weighted by Crippen LogP contribution is 2.29. The van der Waals surface area contributed by atoms with Crippen LogP contribution >= 0.6 is 0 Å². The largest absolute Gasteiger partial charge is 0.573 e. The third-order valence-corrected chi connectivity index (χ3v) is 4.99. The SMILES string of the molecule is Cc1ccc(Cn2c(Cc3cccc(OC(F)(F)F)c3)nc3c2C(=O)NC(O)N3C)nc1. The molecule has 0 spiro atoms. The number of alkyl halides is 3. The zero-order valence-corrected chi connectivity index (χ0v) is 17.2. The number of carbonyl (C=O) groups is 1. The van der Waals surface area contributed by atoms with Gasteiger partial charge >= 0.3 is 6.36 Å². The second-order valence-corrected chi connectivity index (χ2v) is 7.44. The van der Waals surface area contributed by atoms with Crippen molar-refractivity contribution in [1.82, 2.24) is 19.9 Å². The summed E-state index contributed by atoms with van der Waals surface area (Å²) < 4.78 is 43.4. The first-order valence-corrected chi connectivity index (χ1v) is 9.68. The Hall–Kier alpha value is -3.60. The van der Waals surface area contributed by atoms with Gasteiger partial charge in [-0.1, -0.05) is 18.2 Å². The van der Waals surface area contributed by atoms with Crippen LogP contribution in [0.1, 0.15) is 33.1 Å². The number of imidazole rings is 1. The van der Waals surface area contributed by atoms with Crippen LogP contribution < -0.4 is 15.0 Å². The van der Waals surface area contributed by atoms with E-state index in [4.69, 9.17) is 0 Å². The van der Waals surface area contributed by atoms with Crippen LogP contribution in [0, 0.1) is 6.92 Å². The van der Waals surface area contributed by atoms with E-state index >= 15 is 0 Å². The molecule has 1 aliphatic rings. The number of aliphatic hydroxyl groups excluding tert-OH is 1. The molecule has 0 radical (unpaired) electrons. The number of nitrogens with zero attached hydrogens (tertiary/aromatic N) is 4. The lowest BCUT2D eigenvalue weighted by molar-refractivity contribution is -0.274. The number of anilines is 1. The number of fused-ring (bicyclic) bond motifs is 1. The molecule has 2 N–H and O–H groups in total. The van der Waals surface area contributed by atoms with E-state index in [2.05, 4.69) is 20.0 Å². The number of nitrogens with one attached hydrogen (secondary N) is 1. The van der Waals surface area contributed by atoms with E-state index in [0.29, 0.717) is 17.1 Å². The molecule has 1 aromatic carbocycles. The van der Waals surface area contributed by atoms with Gasteiger partial charge in [-0.2, -0.15) is 0 Å². The number of hydrogen-bond donors (Lipinski definition) is 2. The summed E-state index contributed by atoms with van der Waals surface area (Å²) in [6.07, 6.45) is -4.21. The van der Waals surface area contributed by atoms with Crippen molar-refractivity contribution >= 4 is 11.7 Å². The number of pyridine rings is 1. The summed E-state index contributed by atoms with van der Waals surface area (Å²) in [5.74, 6) is -0.155. The van der Waals surface area contributed by atoms with Gasteiger partial charge in [0.25, 0.3) is 5.91 Å². The van der Waals surface area contributed by atoms with Crippen LogP contribution in [0.15, 0.2) is 42.6 Å². The topological polar surface area (TPSA) is 92.5 Å². The first-order valence-electron chi connectivity index (χ1n) is 9.68. The molecule has 0 bridgehead atoms. The molecule has 8 nitrogen and oxygen atoms in total. The van der Waals surface area contributed by atoms with E-state index < -0.39 is 18.6 Å². The van der Waals surface area contributed by atoms with Crippen molar-refractivity contribution in [3.63, 3.8) is 0 Å². The molecule has 1 amide bonds. The van der Waals surface area contributed by atoms with Crippen LogP contribution in [0.25, 0.3) is 0 Å². The normalized spacial score (nSPS) is 16.0. The summed E-state index contributed by atoms with van der Waals surface area (Å²) in [7, 11) is 1.58. The average molecular weight is 447 g/mol. The molecule has 0 saturated heterocycles. The Bertz CT molecular complexity index is 1140. The van der Waals surface area contributed by atoms with Gasteiger partial charge in [-0.3, -0.25) is 9.78 Å². The number of hydrogen-bond acceptors (Lipinski definition) is 6. The first-order chi connectivity index (χ1) is 15.1. The van der Waals surface area contributed by atoms with Crippen molar-refractivity contribution in [1.29, 1.82) is 0 Å². The molecule has 1 unspecified atom stereocenters. The standard InChI is InChI=1S/C21H20F3N5O3/c1-12-6-7-14(25-10-12)11-29-16(26-18-17(29)19(30)27-20(31)28(18)2)9-13-4-3-5-15(8-13)32-21(22,23)24/h3-8,10,20,31H,9,11H2,1-2H3,(H,27,30). The van der Waals surface area contributed by atoms with Crippen LogP contribution in [0.5, 0.6) is 5.75 Å². The van der Waals surface area contributed by atoms with E-state index in [1.165, 1.54) is 23.1 Å². The number of amides is 1. The van der Waals surface area contributed by atoms with Gasteiger partial charge in [0.15, 0.2) is 11.5 Å². The van der Waals surface area contributed by atoms with Crippen molar-refractivity contribution in [3.05, 3.63) is 70.9 Å². The Balaban J connectivity index is 1.74. The molecule has 32 heavy (non-hydrogen) atoms. The van der Waals surface area contributed by atoms with Gasteiger partial charge in [0.2, 0.25) is 6.35 Å². The van der Waals surface area contributed by atoms with Crippen molar-refractivity contribution in [2.45, 2.75) is 32.6 Å². The Kier molecular flexibility index (Phi) is 5.51. The molecule has 0 saturated carbocycles. The van der Waals surface area contributed by atoms with Crippen LogP contribution in [0.2, 0.25) is 0 Å². The molecule has 0 aliphatic carbocycles. The number of aliphatic hydroxyl groups is 1. The number of benzene rings is 1. The van der Waals surface area contributed by atoms with Crippen molar-refractivity contribution in [2.24, 2.45) is 0 Å². The Labute approximate surface area is 181 Å². The van der Waals surface area contributed by atoms with Gasteiger partial charge in [0, 0.05) is 19.7 Å². The van der Waals surface area contributed by atoms with E-state index in [0.717, 1.165) is 5.56 Å². The number of halogens is 3. The highest BCUT2D eigenvalue weighted by Gasteiger charge is 2.34. The molecule has 3 heterocycles. The zero-order chi connectivity index (χ0) is 23.0. The number of aryl methyl sites for hydroxylation is 1. The fourth-order valence-electron chi connectivity index (χ4n) is 3.45. The maximum Gasteiger partial charge on any atom is 0.573 e. The van der Waals surface area contributed by atoms with Gasteiger partial charge in [-0.15, -0.1) is 13.2 Å². The van der Waals surface area contributed by atoms with E-state index in [1.54, 1.807) is 23.9 Å². The predicted octanol–water partition coefficient (Wildman–Crippen LogP) is 2.58. The molecular formula is C21H20F3N5O3. The molecule has 0 fully saturated rings. The lowest BCUT2D eigenvalue weighted by atomic mass is 10.1. The molecule has 4 rings (SSSR count). The Morgan fingerprint density at radius 1 is 1.25 bits per heavy atom. The molecule has 3 aromatic rings. The summed E-state index contributed by atoms with van der Waals surface area (Å²) in [4.78, 5) is 23.0. The van der Waals surface area contributed by atoms with E-state index in [-0.39, 0.29) is 30.2 Å². The van der Waals surface area contributed by atoms with Gasteiger partial charge in [-0.05, 0) is 36.2 Å². The summed E-state index contributed by atoms with van der Waals surface area (Å²) >= 11 is 0. The average Bonchev–Trinajstić information content (AvgIpc) is 3.05. The third kappa shape index (κ3) is 4.52. The highest BCUT2D eigenvalue weighted by molar-refractivity contribution is 5.99. The number of ether oxygens (including phenoxy) is 1. The van der Waals surface area contributed by atoms with Crippen molar-refractivity contribution in [2.75, 3.05) is 11.9 Å². The minimum atomic E-state index is -4.80. The van der Waals surface area contributed by atoms with Gasteiger partial charge in [0.05, 0.1) is 12.2 Å². The van der Waals surface area contributed by atoms with Crippen LogP contribution in [-0.4, -0.2) is 45.3 Å². The van der Waals surface area contributed by atoms with Gasteiger partial charge in [0.1, 0.15) is 11.6 Å². The number of carbonyl (C=O) groups excluding carboxylic acids is 1. The molecule has 2 aromatic heterocycles. The van der Waals surface area contributed by atoms with E-state index in [1.807, 2.05) is 19.1 Å². The third-order valence-electron chi connectivity index (χ3n) is 4.99. The fraction of sp³-hybridized carbons (Fsp3) is 0.286. The highest BCUT2D eigenvalue weighted by atomic mass is 19.4. The predicted molar refractivity (Wildman–Crippen MR) is 108 cm³/mol. The quantitative estimate of drug-likeness (QED) is 0.625. The second-order valence-electron chi connectivity index (χ2n) is 7.44. The summed E-state index contributed by atoms with van der Waals surface area (Å²) in [5, 5.41) is 12.5. The lowest BCUT2D eigenvalue weighted by Gasteiger charge is -2.29. The smallest absolute Gasteiger partial charge is 0.406 e. The maximum absolute atomic E-state index is 12.7. The second kappa shape index (κ2) is 8.15. The van der Waals surface area contributed by atoms with Gasteiger partial charge in [-0.25, -0.2) is 4.98 Å². The van der Waals surface area contributed by atoms with Crippen LogP contribution in [-0.2, 0) is 13.0 Å².